The number of rotatable bonds is 5. The summed E-state index contributed by atoms with van der Waals surface area (Å²) < 4.78 is 16.3. The normalized spacial score (nSPS) is 19.4. The molecule has 1 atom stereocenters. The molecule has 5 heteroatoms. The van der Waals surface area contributed by atoms with Gasteiger partial charge in [-0.25, -0.2) is 4.39 Å². The van der Waals surface area contributed by atoms with Gasteiger partial charge in [-0.05, 0) is 25.2 Å². The second-order valence-corrected chi connectivity index (χ2v) is 5.25. The number of aromatic nitrogens is 2. The lowest BCUT2D eigenvalue weighted by Gasteiger charge is -2.23. The summed E-state index contributed by atoms with van der Waals surface area (Å²) in [4.78, 5) is 0. The second-order valence-electron chi connectivity index (χ2n) is 4.87. The summed E-state index contributed by atoms with van der Waals surface area (Å²) in [6.07, 6.45) is 2.90. The highest BCUT2D eigenvalue weighted by molar-refractivity contribution is 6.31. The van der Waals surface area contributed by atoms with Gasteiger partial charge in [-0.15, -0.1) is 0 Å². The van der Waals surface area contributed by atoms with Gasteiger partial charge in [0.1, 0.15) is 5.67 Å². The lowest BCUT2D eigenvalue weighted by atomic mass is 9.94. The van der Waals surface area contributed by atoms with Crippen LogP contribution in [-0.2, 0) is 19.9 Å². The van der Waals surface area contributed by atoms with Crippen molar-refractivity contribution < 1.29 is 4.39 Å². The van der Waals surface area contributed by atoms with Crippen LogP contribution in [0.3, 0.4) is 0 Å². The average Bonchev–Trinajstić information content (AvgIpc) is 3.12. The van der Waals surface area contributed by atoms with E-state index >= 15 is 0 Å². The maximum absolute atomic E-state index is 14.6. The van der Waals surface area contributed by atoms with Gasteiger partial charge in [0, 0.05) is 20.0 Å². The van der Waals surface area contributed by atoms with Gasteiger partial charge in [-0.2, -0.15) is 5.10 Å². The summed E-state index contributed by atoms with van der Waals surface area (Å²) in [7, 11) is 1.81. The molecule has 2 rings (SSSR count). The monoisotopic (exact) mass is 259 g/mol. The van der Waals surface area contributed by atoms with Gasteiger partial charge in [-0.3, -0.25) is 4.68 Å². The minimum absolute atomic E-state index is 0.0562. The zero-order valence-corrected chi connectivity index (χ0v) is 11.1. The number of nitrogens with zero attached hydrogens (tertiary/aromatic N) is 2. The van der Waals surface area contributed by atoms with Gasteiger partial charge < -0.3 is 5.73 Å². The molecule has 96 valence electrons. The van der Waals surface area contributed by atoms with Crippen molar-refractivity contribution in [2.24, 2.45) is 18.7 Å². The molecule has 1 heterocycles. The lowest BCUT2D eigenvalue weighted by Crippen LogP contribution is -2.38. The van der Waals surface area contributed by atoms with Gasteiger partial charge in [0.2, 0.25) is 0 Å². The van der Waals surface area contributed by atoms with Crippen molar-refractivity contribution in [3.8, 4) is 0 Å². The van der Waals surface area contributed by atoms with E-state index in [1.54, 1.807) is 4.68 Å². The van der Waals surface area contributed by atoms with Crippen LogP contribution in [0, 0.1) is 5.92 Å². The van der Waals surface area contributed by atoms with E-state index in [0.717, 1.165) is 30.7 Å². The van der Waals surface area contributed by atoms with E-state index in [4.69, 9.17) is 17.3 Å². The minimum atomic E-state index is -1.32. The van der Waals surface area contributed by atoms with Crippen LogP contribution in [0.15, 0.2) is 0 Å². The molecule has 0 aromatic carbocycles. The number of aryl methyl sites for hydroxylation is 2. The third-order valence-electron chi connectivity index (χ3n) is 3.61. The van der Waals surface area contributed by atoms with Crippen molar-refractivity contribution in [3.05, 3.63) is 16.4 Å². The fraction of sp³-hybridized carbons (Fsp3) is 0.750. The Morgan fingerprint density at radius 3 is 2.65 bits per heavy atom. The first-order chi connectivity index (χ1) is 8.01. The van der Waals surface area contributed by atoms with Crippen LogP contribution in [0.4, 0.5) is 4.39 Å². The number of halogens is 2. The Morgan fingerprint density at radius 1 is 1.59 bits per heavy atom. The van der Waals surface area contributed by atoms with Gasteiger partial charge in [0.25, 0.3) is 0 Å². The van der Waals surface area contributed by atoms with Gasteiger partial charge in [0.05, 0.1) is 16.4 Å². The molecule has 3 nitrogen and oxygen atoms in total. The first-order valence-corrected chi connectivity index (χ1v) is 6.49. The molecule has 1 saturated carbocycles. The van der Waals surface area contributed by atoms with E-state index in [-0.39, 0.29) is 18.9 Å². The molecule has 0 spiro atoms. The Balaban J connectivity index is 2.25. The molecule has 1 aliphatic carbocycles. The summed E-state index contributed by atoms with van der Waals surface area (Å²) in [5, 5.41) is 4.91. The molecular formula is C12H19ClFN3. The van der Waals surface area contributed by atoms with Gasteiger partial charge in [0.15, 0.2) is 0 Å². The van der Waals surface area contributed by atoms with E-state index in [9.17, 15) is 4.39 Å². The molecule has 1 fully saturated rings. The van der Waals surface area contributed by atoms with Crippen molar-refractivity contribution >= 4 is 11.6 Å². The molecule has 0 saturated heterocycles. The Bertz CT molecular complexity index is 414. The Labute approximate surface area is 106 Å². The van der Waals surface area contributed by atoms with Crippen molar-refractivity contribution in [2.45, 2.75) is 38.3 Å². The number of alkyl halides is 1. The van der Waals surface area contributed by atoms with Gasteiger partial charge >= 0.3 is 0 Å². The summed E-state index contributed by atoms with van der Waals surface area (Å²) in [6.45, 7) is 2.05. The highest BCUT2D eigenvalue weighted by atomic mass is 35.5. The van der Waals surface area contributed by atoms with Crippen molar-refractivity contribution in [1.82, 2.24) is 9.78 Å². The molecular weight excluding hydrogens is 241 g/mol. The third kappa shape index (κ3) is 2.33. The van der Waals surface area contributed by atoms with Gasteiger partial charge in [-0.1, -0.05) is 18.5 Å². The predicted molar refractivity (Wildman–Crippen MR) is 66.9 cm³/mol. The smallest absolute Gasteiger partial charge is 0.131 e. The fourth-order valence-electron chi connectivity index (χ4n) is 2.27. The standard InChI is InChI=1S/C12H19ClFN3/c1-3-9-11(13)10(17(2)16-9)6-12(14,7-15)8-4-5-8/h8H,3-7,15H2,1-2H3. The van der Waals surface area contributed by atoms with Crippen molar-refractivity contribution in [2.75, 3.05) is 6.54 Å². The topological polar surface area (TPSA) is 43.8 Å². The molecule has 2 N–H and O–H groups in total. The summed E-state index contributed by atoms with van der Waals surface area (Å²) in [6, 6.07) is 0. The summed E-state index contributed by atoms with van der Waals surface area (Å²) >= 11 is 6.23. The van der Waals surface area contributed by atoms with Crippen molar-refractivity contribution in [1.29, 1.82) is 0 Å². The number of nitrogens with two attached hydrogens (primary N) is 1. The first kappa shape index (κ1) is 12.8. The van der Waals surface area contributed by atoms with Crippen LogP contribution in [0.25, 0.3) is 0 Å². The molecule has 17 heavy (non-hydrogen) atoms. The largest absolute Gasteiger partial charge is 0.328 e. The molecule has 0 aliphatic heterocycles. The fourth-order valence-corrected chi connectivity index (χ4v) is 2.63. The van der Waals surface area contributed by atoms with Crippen LogP contribution in [0.5, 0.6) is 0 Å². The van der Waals surface area contributed by atoms with E-state index in [1.807, 2.05) is 14.0 Å². The van der Waals surface area contributed by atoms with E-state index in [2.05, 4.69) is 5.10 Å². The molecule has 0 amide bonds. The highest BCUT2D eigenvalue weighted by Gasteiger charge is 2.45. The SMILES string of the molecule is CCc1nn(C)c(CC(F)(CN)C2CC2)c1Cl. The van der Waals surface area contributed by atoms with Crippen LogP contribution in [0.2, 0.25) is 5.02 Å². The third-order valence-corrected chi connectivity index (χ3v) is 4.05. The Hall–Kier alpha value is -0.610. The van der Waals surface area contributed by atoms with E-state index < -0.39 is 5.67 Å². The zero-order chi connectivity index (χ0) is 12.6. The van der Waals surface area contributed by atoms with Crippen LogP contribution in [-0.4, -0.2) is 22.0 Å². The van der Waals surface area contributed by atoms with Crippen molar-refractivity contribution in [3.63, 3.8) is 0 Å². The number of hydrogen-bond acceptors (Lipinski definition) is 2. The average molecular weight is 260 g/mol. The highest BCUT2D eigenvalue weighted by Crippen LogP contribution is 2.44. The summed E-state index contributed by atoms with van der Waals surface area (Å²) in [5.41, 5.74) is 5.87. The molecule has 0 radical (unpaired) electrons. The lowest BCUT2D eigenvalue weighted by molar-refractivity contribution is 0.140. The second kappa shape index (κ2) is 4.58. The van der Waals surface area contributed by atoms with Crippen LogP contribution in [0.1, 0.15) is 31.2 Å². The maximum Gasteiger partial charge on any atom is 0.131 e. The van der Waals surface area contributed by atoms with E-state index in [1.165, 1.54) is 0 Å². The van der Waals surface area contributed by atoms with Crippen LogP contribution >= 0.6 is 11.6 Å². The number of hydrogen-bond donors (Lipinski definition) is 1. The maximum atomic E-state index is 14.6. The quantitative estimate of drug-likeness (QED) is 0.882. The van der Waals surface area contributed by atoms with Crippen LogP contribution < -0.4 is 5.73 Å². The molecule has 0 bridgehead atoms. The summed E-state index contributed by atoms with van der Waals surface area (Å²) in [5.74, 6) is 0.101. The predicted octanol–water partition coefficient (Wildman–Crippen LogP) is 2.26. The molecule has 1 aromatic heterocycles. The Morgan fingerprint density at radius 2 is 2.24 bits per heavy atom. The molecule has 1 unspecified atom stereocenters. The zero-order valence-electron chi connectivity index (χ0n) is 10.3. The first-order valence-electron chi connectivity index (χ1n) is 6.11. The minimum Gasteiger partial charge on any atom is -0.328 e. The molecule has 1 aliphatic rings. The van der Waals surface area contributed by atoms with E-state index in [0.29, 0.717) is 5.02 Å². The molecule has 1 aromatic rings. The Kier molecular flexibility index (Phi) is 3.46.